The summed E-state index contributed by atoms with van der Waals surface area (Å²) in [4.78, 5) is 30.5. The Morgan fingerprint density at radius 3 is 2.74 bits per heavy atom. The van der Waals surface area contributed by atoms with Crippen LogP contribution >= 0.6 is 0 Å². The maximum atomic E-state index is 12.7. The average Bonchev–Trinajstić information content (AvgIpc) is 2.57. The van der Waals surface area contributed by atoms with Gasteiger partial charge in [0, 0.05) is 5.92 Å². The molecule has 0 aromatic heterocycles. The van der Waals surface area contributed by atoms with Crippen molar-refractivity contribution in [1.29, 1.82) is 0 Å². The molecule has 0 N–H and O–H groups in total. The lowest BCUT2D eigenvalue weighted by Gasteiger charge is -2.42. The van der Waals surface area contributed by atoms with Crippen molar-refractivity contribution in [2.45, 2.75) is 13.5 Å². The zero-order valence-electron chi connectivity index (χ0n) is 13.3. The van der Waals surface area contributed by atoms with E-state index in [2.05, 4.69) is 0 Å². The molecule has 23 heavy (non-hydrogen) atoms. The second-order valence-corrected chi connectivity index (χ2v) is 6.14. The van der Waals surface area contributed by atoms with E-state index in [4.69, 9.17) is 9.57 Å². The van der Waals surface area contributed by atoms with Gasteiger partial charge in [0.05, 0.1) is 32.1 Å². The smallest absolute Gasteiger partial charge is 0.309 e. The Labute approximate surface area is 135 Å². The summed E-state index contributed by atoms with van der Waals surface area (Å²) in [7, 11) is 1.38. The predicted octanol–water partition coefficient (Wildman–Crippen LogP) is 2.19. The maximum Gasteiger partial charge on any atom is 0.309 e. The van der Waals surface area contributed by atoms with Crippen LogP contribution in [0.3, 0.4) is 0 Å². The Hall–Kier alpha value is -2.14. The number of rotatable bonds is 3. The molecule has 0 spiro atoms. The van der Waals surface area contributed by atoms with Gasteiger partial charge >= 0.3 is 5.97 Å². The van der Waals surface area contributed by atoms with E-state index in [1.54, 1.807) is 0 Å². The number of benzene rings is 1. The van der Waals surface area contributed by atoms with Gasteiger partial charge in [0.25, 0.3) is 5.91 Å². The second kappa shape index (κ2) is 6.54. The summed E-state index contributed by atoms with van der Waals surface area (Å²) in [6.07, 6.45) is 3.85. The molecule has 1 amide bonds. The molecule has 1 aromatic rings. The molecule has 2 aliphatic rings. The Morgan fingerprint density at radius 2 is 2.04 bits per heavy atom. The summed E-state index contributed by atoms with van der Waals surface area (Å²) in [6, 6.07) is 9.71. The fraction of sp³-hybridized carbons (Fsp3) is 0.444. The second-order valence-electron chi connectivity index (χ2n) is 6.14. The molecule has 4 atom stereocenters. The van der Waals surface area contributed by atoms with Crippen LogP contribution in [0.4, 0.5) is 0 Å². The minimum absolute atomic E-state index is 0.0424. The summed E-state index contributed by atoms with van der Waals surface area (Å²) in [5.74, 6) is -1.15. The first-order valence-corrected chi connectivity index (χ1v) is 7.86. The molecular formula is C18H21NO4. The number of esters is 1. The van der Waals surface area contributed by atoms with Crippen molar-refractivity contribution < 1.29 is 19.2 Å². The van der Waals surface area contributed by atoms with Gasteiger partial charge in [-0.2, -0.15) is 0 Å². The van der Waals surface area contributed by atoms with Gasteiger partial charge in [-0.3, -0.25) is 14.4 Å². The molecule has 0 saturated carbocycles. The van der Waals surface area contributed by atoms with Crippen LogP contribution in [0.15, 0.2) is 42.5 Å². The number of hydrogen-bond donors (Lipinski definition) is 0. The first-order valence-electron chi connectivity index (χ1n) is 7.86. The lowest BCUT2D eigenvalue weighted by Crippen LogP contribution is -2.51. The minimum Gasteiger partial charge on any atom is -0.469 e. The molecule has 3 rings (SSSR count). The Kier molecular flexibility index (Phi) is 4.48. The first kappa shape index (κ1) is 15.7. The highest BCUT2D eigenvalue weighted by Gasteiger charge is 2.47. The molecule has 0 unspecified atom stereocenters. The van der Waals surface area contributed by atoms with Gasteiger partial charge in [-0.15, -0.1) is 0 Å². The van der Waals surface area contributed by atoms with Crippen LogP contribution < -0.4 is 0 Å². The predicted molar refractivity (Wildman–Crippen MR) is 83.7 cm³/mol. The number of carbonyl (C=O) groups is 2. The number of carbonyl (C=O) groups excluding carboxylic acids is 2. The number of fused-ring (bicyclic) bond motifs is 1. The van der Waals surface area contributed by atoms with E-state index in [0.29, 0.717) is 13.2 Å². The number of nitrogens with zero attached hydrogens (tertiary/aromatic N) is 1. The molecule has 1 aliphatic heterocycles. The third-order valence-corrected chi connectivity index (χ3v) is 4.71. The minimum atomic E-state index is -0.335. The molecule has 122 valence electrons. The van der Waals surface area contributed by atoms with E-state index >= 15 is 0 Å². The molecule has 1 saturated heterocycles. The van der Waals surface area contributed by atoms with Crippen LogP contribution in [0, 0.1) is 23.7 Å². The van der Waals surface area contributed by atoms with Crippen LogP contribution in [0.5, 0.6) is 0 Å². The van der Waals surface area contributed by atoms with Gasteiger partial charge in [0.2, 0.25) is 0 Å². The van der Waals surface area contributed by atoms with Crippen LogP contribution in [0.25, 0.3) is 0 Å². The molecular weight excluding hydrogens is 294 g/mol. The summed E-state index contributed by atoms with van der Waals surface area (Å²) >= 11 is 0. The summed E-state index contributed by atoms with van der Waals surface area (Å²) in [5.41, 5.74) is 1.01. The topological polar surface area (TPSA) is 55.8 Å². The van der Waals surface area contributed by atoms with Gasteiger partial charge in [0.15, 0.2) is 0 Å². The zero-order valence-corrected chi connectivity index (χ0v) is 13.3. The fourth-order valence-electron chi connectivity index (χ4n) is 3.45. The average molecular weight is 315 g/mol. The van der Waals surface area contributed by atoms with Crippen molar-refractivity contribution in [2.24, 2.45) is 23.7 Å². The number of methoxy groups -OCH3 is 1. The van der Waals surface area contributed by atoms with Crippen molar-refractivity contribution in [2.75, 3.05) is 13.7 Å². The normalized spacial score (nSPS) is 30.0. The van der Waals surface area contributed by atoms with E-state index in [1.165, 1.54) is 12.2 Å². The molecule has 1 fully saturated rings. The van der Waals surface area contributed by atoms with Gasteiger partial charge in [0.1, 0.15) is 0 Å². The van der Waals surface area contributed by atoms with E-state index < -0.39 is 0 Å². The Balaban J connectivity index is 1.78. The number of hydrogen-bond acceptors (Lipinski definition) is 4. The first-order chi connectivity index (χ1) is 11.1. The van der Waals surface area contributed by atoms with Crippen LogP contribution in [0.2, 0.25) is 0 Å². The van der Waals surface area contributed by atoms with Crippen LogP contribution in [-0.4, -0.2) is 30.7 Å². The summed E-state index contributed by atoms with van der Waals surface area (Å²) < 4.78 is 4.91. The van der Waals surface area contributed by atoms with Gasteiger partial charge in [-0.25, -0.2) is 5.06 Å². The lowest BCUT2D eigenvalue weighted by atomic mass is 9.70. The van der Waals surface area contributed by atoms with Gasteiger partial charge < -0.3 is 4.74 Å². The quantitative estimate of drug-likeness (QED) is 0.634. The molecule has 1 heterocycles. The molecule has 0 radical (unpaired) electrons. The Bertz CT molecular complexity index is 613. The van der Waals surface area contributed by atoms with Crippen molar-refractivity contribution in [3.05, 3.63) is 48.0 Å². The number of ether oxygens (including phenoxy) is 1. The van der Waals surface area contributed by atoms with Crippen molar-refractivity contribution >= 4 is 11.9 Å². The van der Waals surface area contributed by atoms with E-state index in [9.17, 15) is 9.59 Å². The largest absolute Gasteiger partial charge is 0.469 e. The van der Waals surface area contributed by atoms with E-state index in [0.717, 1.165) is 5.56 Å². The highest BCUT2D eigenvalue weighted by molar-refractivity contribution is 5.83. The fourth-order valence-corrected chi connectivity index (χ4v) is 3.45. The van der Waals surface area contributed by atoms with Crippen LogP contribution in [-0.2, 0) is 25.7 Å². The van der Waals surface area contributed by atoms with Crippen molar-refractivity contribution in [3.8, 4) is 0 Å². The highest BCUT2D eigenvalue weighted by atomic mass is 16.7. The van der Waals surface area contributed by atoms with Gasteiger partial charge in [-0.1, -0.05) is 49.4 Å². The van der Waals surface area contributed by atoms with Crippen LogP contribution in [0.1, 0.15) is 12.5 Å². The lowest BCUT2D eigenvalue weighted by molar-refractivity contribution is -0.224. The third-order valence-electron chi connectivity index (χ3n) is 4.71. The molecule has 5 nitrogen and oxygen atoms in total. The monoisotopic (exact) mass is 315 g/mol. The number of allylic oxidation sites excluding steroid dienone is 1. The standard InChI is InChI=1S/C18H21NO4/c1-12-8-9-14-15(16(12)18(21)22-2)11-23-19(17(14)20)10-13-6-4-3-5-7-13/h3-9,12,14-16H,10-11H2,1-2H3/t12-,14+,15-,16-/m1/s1. The molecule has 1 aliphatic carbocycles. The molecule has 1 aromatic carbocycles. The third kappa shape index (κ3) is 3.01. The van der Waals surface area contributed by atoms with Gasteiger partial charge in [-0.05, 0) is 11.5 Å². The zero-order chi connectivity index (χ0) is 16.4. The SMILES string of the molecule is COC(=O)[C@H]1[C@@H]2CON(Cc3ccccc3)C(=O)[C@H]2C=C[C@H]1C. The molecule has 0 bridgehead atoms. The van der Waals surface area contributed by atoms with Crippen molar-refractivity contribution in [1.82, 2.24) is 5.06 Å². The summed E-state index contributed by atoms with van der Waals surface area (Å²) in [5, 5.41) is 1.41. The maximum absolute atomic E-state index is 12.7. The van der Waals surface area contributed by atoms with E-state index in [1.807, 2.05) is 49.4 Å². The Morgan fingerprint density at radius 1 is 1.30 bits per heavy atom. The number of hydroxylamine groups is 2. The summed E-state index contributed by atoms with van der Waals surface area (Å²) in [6.45, 7) is 2.72. The molecule has 5 heteroatoms. The number of amides is 1. The van der Waals surface area contributed by atoms with E-state index in [-0.39, 0.29) is 35.5 Å². The highest BCUT2D eigenvalue weighted by Crippen LogP contribution is 2.39. The van der Waals surface area contributed by atoms with Crippen molar-refractivity contribution in [3.63, 3.8) is 0 Å².